The first-order valence-corrected chi connectivity index (χ1v) is 25.0. The molecule has 1 aliphatic rings. The van der Waals surface area contributed by atoms with Crippen molar-refractivity contribution in [3.05, 3.63) is 0 Å². The summed E-state index contributed by atoms with van der Waals surface area (Å²) in [7, 11) is 0. The molecule has 0 aromatic carbocycles. The van der Waals surface area contributed by atoms with Gasteiger partial charge >= 0.3 is 0 Å². The highest BCUT2D eigenvalue weighted by molar-refractivity contribution is 5.98. The Morgan fingerprint density at radius 3 is 1.48 bits per heavy atom. The number of nitrogens with zero attached hydrogens (tertiary/aromatic N) is 2. The zero-order valence-corrected chi connectivity index (χ0v) is 44.0. The lowest BCUT2D eigenvalue weighted by Gasteiger charge is -2.27. The van der Waals surface area contributed by atoms with E-state index in [4.69, 9.17) is 17.2 Å². The predicted octanol–water partition coefficient (Wildman–Crippen LogP) is -6.50. The van der Waals surface area contributed by atoms with E-state index in [2.05, 4.69) is 58.2 Å². The molecular weight excluding hydrogens is 987 g/mol. The Hall–Kier alpha value is -7.01. The lowest BCUT2D eigenvalue weighted by Crippen LogP contribution is -2.60. The minimum Gasteiger partial charge on any atom is -0.394 e. The molecular formula is C46H81N15O14. The van der Waals surface area contributed by atoms with Gasteiger partial charge in [-0.15, -0.1) is 0 Å². The van der Waals surface area contributed by atoms with Crippen LogP contribution in [0.2, 0.25) is 0 Å². The zero-order valence-electron chi connectivity index (χ0n) is 44.0. The van der Waals surface area contributed by atoms with Crippen molar-refractivity contribution in [3.63, 3.8) is 0 Å². The molecule has 1 saturated heterocycles. The molecule has 75 heavy (non-hydrogen) atoms. The normalized spacial score (nSPS) is 16.9. The number of carbonyl (C=O) groups is 12. The van der Waals surface area contributed by atoms with Gasteiger partial charge in [-0.3, -0.25) is 57.7 Å². The van der Waals surface area contributed by atoms with Gasteiger partial charge in [0, 0.05) is 40.0 Å². The van der Waals surface area contributed by atoms with Gasteiger partial charge < -0.3 is 90.3 Å². The van der Waals surface area contributed by atoms with Gasteiger partial charge in [-0.25, -0.2) is 0 Å². The summed E-state index contributed by atoms with van der Waals surface area (Å²) < 4.78 is 0. The average Bonchev–Trinajstić information content (AvgIpc) is 3.82. The van der Waals surface area contributed by atoms with Crippen LogP contribution in [0.3, 0.4) is 0 Å². The number of nitrogens with two attached hydrogens (primary N) is 3. The average molecular weight is 1070 g/mol. The highest BCUT2D eigenvalue weighted by Crippen LogP contribution is 2.16. The van der Waals surface area contributed by atoms with E-state index in [1.807, 2.05) is 0 Å². The number of aliphatic hydroxyl groups excluding tert-OH is 2. The molecule has 1 rings (SSSR count). The Morgan fingerprint density at radius 2 is 1.01 bits per heavy atom. The molecule has 0 saturated carbocycles. The van der Waals surface area contributed by atoms with Gasteiger partial charge in [0.15, 0.2) is 5.96 Å². The molecule has 1 aliphatic heterocycles. The van der Waals surface area contributed by atoms with Crippen LogP contribution in [0.1, 0.15) is 113 Å². The number of nitrogens with one attached hydrogen (secondary N) is 10. The third-order valence-electron chi connectivity index (χ3n) is 11.7. The Morgan fingerprint density at radius 1 is 0.587 bits per heavy atom. The molecule has 0 spiro atoms. The molecule has 0 aromatic rings. The van der Waals surface area contributed by atoms with E-state index in [1.54, 1.807) is 0 Å². The van der Waals surface area contributed by atoms with Crippen LogP contribution in [0.4, 0.5) is 0 Å². The lowest BCUT2D eigenvalue weighted by molar-refractivity contribution is -0.139. The number of guanidine groups is 1. The van der Waals surface area contributed by atoms with Crippen LogP contribution in [-0.2, 0) is 57.5 Å². The molecule has 424 valence electrons. The Balaban J connectivity index is 3.28. The summed E-state index contributed by atoms with van der Waals surface area (Å²) in [5.41, 5.74) is 16.5. The summed E-state index contributed by atoms with van der Waals surface area (Å²) in [6.45, 7) is 9.08. The summed E-state index contributed by atoms with van der Waals surface area (Å²) in [6, 6.07) is -12.8. The van der Waals surface area contributed by atoms with Gasteiger partial charge in [0.25, 0.3) is 0 Å². The first-order chi connectivity index (χ1) is 35.2. The van der Waals surface area contributed by atoms with E-state index in [0.717, 1.165) is 0 Å². The van der Waals surface area contributed by atoms with Gasteiger partial charge in [0.2, 0.25) is 65.0 Å². The van der Waals surface area contributed by atoms with Crippen LogP contribution in [0.5, 0.6) is 0 Å². The summed E-state index contributed by atoms with van der Waals surface area (Å²) in [4.78, 5) is 160. The van der Waals surface area contributed by atoms with Crippen molar-refractivity contribution in [1.29, 1.82) is 0 Å². The van der Waals surface area contributed by atoms with Crippen LogP contribution >= 0.6 is 0 Å². The monoisotopic (exact) mass is 1070 g/mol. The fourth-order valence-electron chi connectivity index (χ4n) is 7.39. The highest BCUT2D eigenvalue weighted by atomic mass is 16.3. The number of aldehydes is 1. The summed E-state index contributed by atoms with van der Waals surface area (Å²) >= 11 is 0. The van der Waals surface area contributed by atoms with Crippen LogP contribution in [0.15, 0.2) is 4.99 Å². The van der Waals surface area contributed by atoms with Crippen molar-refractivity contribution in [2.24, 2.45) is 22.2 Å². The zero-order chi connectivity index (χ0) is 56.9. The molecule has 29 heteroatoms. The molecule has 11 atom stereocenters. The lowest BCUT2D eigenvalue weighted by atomic mass is 10.1. The molecule has 0 radical (unpaired) electrons. The van der Waals surface area contributed by atoms with Crippen LogP contribution < -0.4 is 70.4 Å². The molecule has 18 N–H and O–H groups in total. The van der Waals surface area contributed by atoms with Gasteiger partial charge in [0.1, 0.15) is 54.6 Å². The quantitative estimate of drug-likeness (QED) is 0.0123. The van der Waals surface area contributed by atoms with Crippen molar-refractivity contribution in [3.8, 4) is 0 Å². The van der Waals surface area contributed by atoms with Crippen molar-refractivity contribution >= 4 is 77.2 Å². The molecule has 0 unspecified atom stereocenters. The van der Waals surface area contributed by atoms with Crippen LogP contribution in [-0.4, -0.2) is 192 Å². The van der Waals surface area contributed by atoms with Gasteiger partial charge in [0.05, 0.1) is 24.8 Å². The molecule has 0 bridgehead atoms. The van der Waals surface area contributed by atoms with E-state index in [0.29, 0.717) is 44.9 Å². The minimum absolute atomic E-state index is 0.00732. The third-order valence-corrected chi connectivity index (χ3v) is 11.7. The van der Waals surface area contributed by atoms with Gasteiger partial charge in [-0.2, -0.15) is 0 Å². The van der Waals surface area contributed by atoms with Crippen molar-refractivity contribution in [2.75, 3.05) is 32.8 Å². The van der Waals surface area contributed by atoms with E-state index in [1.165, 1.54) is 53.4 Å². The molecule has 0 aromatic heterocycles. The first-order valence-electron chi connectivity index (χ1n) is 25.0. The number of likely N-dealkylation sites (tertiary alicyclic amines) is 1. The number of unbranched alkanes of at least 4 members (excludes halogenated alkanes) is 2. The van der Waals surface area contributed by atoms with Crippen molar-refractivity contribution in [1.82, 2.24) is 58.1 Å². The predicted molar refractivity (Wildman–Crippen MR) is 271 cm³/mol. The van der Waals surface area contributed by atoms with Crippen molar-refractivity contribution in [2.45, 2.75) is 179 Å². The molecule has 1 heterocycles. The number of hydrogen-bond acceptors (Lipinski definition) is 16. The van der Waals surface area contributed by atoms with Crippen molar-refractivity contribution < 1.29 is 67.7 Å². The minimum atomic E-state index is -1.60. The fourth-order valence-corrected chi connectivity index (χ4v) is 7.39. The summed E-state index contributed by atoms with van der Waals surface area (Å²) in [5.74, 6) is -8.43. The van der Waals surface area contributed by atoms with E-state index < -0.39 is 126 Å². The third kappa shape index (κ3) is 25.2. The Labute approximate surface area is 436 Å². The first kappa shape index (κ1) is 66.0. The molecule has 29 nitrogen and oxygen atoms in total. The number of amides is 11. The van der Waals surface area contributed by atoms with E-state index in [-0.39, 0.29) is 69.5 Å². The maximum absolute atomic E-state index is 14.0. The van der Waals surface area contributed by atoms with Crippen LogP contribution in [0, 0.1) is 0 Å². The number of aliphatic imine (C=N–C) groups is 1. The van der Waals surface area contributed by atoms with Gasteiger partial charge in [-0.1, -0.05) is 0 Å². The van der Waals surface area contributed by atoms with Gasteiger partial charge in [-0.05, 0) is 98.8 Å². The second-order valence-electron chi connectivity index (χ2n) is 18.4. The maximum Gasteiger partial charge on any atom is 0.245 e. The topological polar surface area (TPSA) is 459 Å². The summed E-state index contributed by atoms with van der Waals surface area (Å²) in [5, 5.41) is 45.3. The number of hydrogen-bond donors (Lipinski definition) is 15. The second-order valence-corrected chi connectivity index (χ2v) is 18.4. The fraction of sp³-hybridized carbons (Fsp3) is 0.717. The molecule has 11 amide bonds. The molecule has 0 aliphatic carbocycles. The van der Waals surface area contributed by atoms with E-state index >= 15 is 0 Å². The smallest absolute Gasteiger partial charge is 0.245 e. The summed E-state index contributed by atoms with van der Waals surface area (Å²) in [6.07, 6.45) is 1.49. The number of rotatable bonds is 34. The standard InChI is InChI=1S/C46H81N15O14/c1-24(47)37(67)60-36(28(5)64)44(74)58-32(15-8-10-18-50-29(6)65)40(70)54-25(2)38(68)53-26(3)39(69)56-34(17-12-20-52-46(48)49)41(71)57-33(16-9-11-19-51-30(7)66)42(72)59-35(23-63)43(73)55-27(4)45(75)61-21-13-14-31(61)22-62/h22,24-28,31-36,63-64H,8-21,23,47H2,1-7H3,(H,50,65)(H,51,66)(H,53,68)(H,54,70)(H,55,73)(H,56,69)(H,57,71)(H,58,74)(H,59,72)(H,60,67)(H4,48,49,52)/t24-,25-,26-,27-,28+,31-,32-,33-,34-,35-,36-/m0/s1. The Bertz CT molecular complexity index is 2000. The highest BCUT2D eigenvalue weighted by Gasteiger charge is 2.36. The number of carbonyl (C=O) groups excluding carboxylic acids is 12. The van der Waals surface area contributed by atoms with E-state index in [9.17, 15) is 67.7 Å². The van der Waals surface area contributed by atoms with Crippen LogP contribution in [0.25, 0.3) is 0 Å². The maximum atomic E-state index is 14.0. The molecule has 1 fully saturated rings. The largest absolute Gasteiger partial charge is 0.394 e. The number of aliphatic hydroxyl groups is 2. The Kier molecular flexibility index (Phi) is 30.3. The second kappa shape index (κ2) is 34.5. The SMILES string of the molecule is CC(=O)NCCCC[C@H](NC(=O)[C@H](CCCN=C(N)N)NC(=O)[C@H](C)NC(=O)[C@H](C)NC(=O)[C@H](CCCCNC(C)=O)NC(=O)[C@@H](NC(=O)[C@H](C)N)[C@@H](C)O)C(=O)N[C@@H](CO)C(=O)N[C@@H](C)C(=O)N1CCC[C@H]1C=O.